The smallest absolute Gasteiger partial charge is 0.410 e. The van der Waals surface area contributed by atoms with Gasteiger partial charge in [-0.2, -0.15) is 0 Å². The van der Waals surface area contributed by atoms with E-state index < -0.39 is 5.60 Å². The Hall–Kier alpha value is -0.730. The number of rotatable bonds is 6. The fourth-order valence-corrected chi connectivity index (χ4v) is 11.5. The molecule has 1 saturated heterocycles. The molecule has 0 spiro atoms. The quantitative estimate of drug-likeness (QED) is 0.335. The summed E-state index contributed by atoms with van der Waals surface area (Å²) in [6, 6.07) is 0.407. The van der Waals surface area contributed by atoms with Crippen LogP contribution in [0.3, 0.4) is 0 Å². The predicted octanol–water partition coefficient (Wildman–Crippen LogP) is 10.1. The van der Waals surface area contributed by atoms with E-state index in [0.717, 1.165) is 54.4 Å². The summed E-state index contributed by atoms with van der Waals surface area (Å²) in [5.41, 5.74) is 0.710. The summed E-state index contributed by atoms with van der Waals surface area (Å²) in [5.74, 6) is 7.12. The van der Waals surface area contributed by atoms with E-state index in [0.29, 0.717) is 22.8 Å². The Labute approximate surface area is 242 Å². The van der Waals surface area contributed by atoms with Gasteiger partial charge in [-0.25, -0.2) is 4.79 Å². The number of hydrogen-bond acceptors (Lipinski definition) is 2. The van der Waals surface area contributed by atoms with Gasteiger partial charge >= 0.3 is 6.09 Å². The largest absolute Gasteiger partial charge is 0.444 e. The van der Waals surface area contributed by atoms with Crippen LogP contribution in [-0.4, -0.2) is 29.2 Å². The monoisotopic (exact) mass is 541 g/mol. The maximum atomic E-state index is 13.0. The van der Waals surface area contributed by atoms with E-state index in [2.05, 4.69) is 39.5 Å². The van der Waals surface area contributed by atoms with Crippen LogP contribution in [0, 0.1) is 58.2 Å². The molecule has 39 heavy (non-hydrogen) atoms. The first-order valence-electron chi connectivity index (χ1n) is 17.3. The zero-order valence-electron chi connectivity index (χ0n) is 27.1. The molecular formula is C36H63NO2. The topological polar surface area (TPSA) is 29.5 Å². The van der Waals surface area contributed by atoms with Crippen molar-refractivity contribution in [1.82, 2.24) is 4.90 Å². The molecule has 1 aliphatic heterocycles. The maximum absolute atomic E-state index is 13.0. The molecule has 3 nitrogen and oxygen atoms in total. The second-order valence-electron chi connectivity index (χ2n) is 17.1. The zero-order valence-corrected chi connectivity index (χ0v) is 27.1. The van der Waals surface area contributed by atoms with Gasteiger partial charge in [0.05, 0.1) is 0 Å². The number of carbonyl (C=O) groups is 1. The van der Waals surface area contributed by atoms with Crippen LogP contribution in [-0.2, 0) is 4.74 Å². The highest BCUT2D eigenvalue weighted by Gasteiger charge is 2.61. The summed E-state index contributed by atoms with van der Waals surface area (Å²) in [6.07, 6.45) is 19.5. The van der Waals surface area contributed by atoms with E-state index in [-0.39, 0.29) is 6.09 Å². The lowest BCUT2D eigenvalue weighted by Gasteiger charge is -2.62. The van der Waals surface area contributed by atoms with Gasteiger partial charge in [-0.05, 0) is 150 Å². The molecule has 0 aromatic carbocycles. The first-order chi connectivity index (χ1) is 18.3. The van der Waals surface area contributed by atoms with Gasteiger partial charge in [0.1, 0.15) is 5.60 Å². The molecule has 10 atom stereocenters. The molecule has 1 heterocycles. The lowest BCUT2D eigenvalue weighted by Crippen LogP contribution is -2.55. The van der Waals surface area contributed by atoms with Crippen molar-refractivity contribution in [2.45, 2.75) is 157 Å². The van der Waals surface area contributed by atoms with Gasteiger partial charge in [0.15, 0.2) is 0 Å². The Balaban J connectivity index is 1.23. The predicted molar refractivity (Wildman–Crippen MR) is 163 cm³/mol. The highest BCUT2D eigenvalue weighted by Crippen LogP contribution is 2.69. The minimum absolute atomic E-state index is 0.0668. The molecule has 0 bridgehead atoms. The third-order valence-corrected chi connectivity index (χ3v) is 13.4. The van der Waals surface area contributed by atoms with E-state index in [4.69, 9.17) is 4.74 Å². The zero-order chi connectivity index (χ0) is 28.2. The Morgan fingerprint density at radius 3 is 2.33 bits per heavy atom. The number of likely N-dealkylation sites (tertiary alicyclic amines) is 1. The van der Waals surface area contributed by atoms with Crippen molar-refractivity contribution >= 4 is 6.09 Å². The van der Waals surface area contributed by atoms with Crippen LogP contribution >= 0.6 is 0 Å². The third-order valence-electron chi connectivity index (χ3n) is 13.4. The van der Waals surface area contributed by atoms with Crippen LogP contribution in [0.1, 0.15) is 145 Å². The third kappa shape index (κ3) is 5.69. The molecule has 3 heteroatoms. The highest BCUT2D eigenvalue weighted by molar-refractivity contribution is 5.69. The Morgan fingerprint density at radius 1 is 0.897 bits per heavy atom. The maximum Gasteiger partial charge on any atom is 0.410 e. The molecular weight excluding hydrogens is 478 g/mol. The SMILES string of the molecule is CC(C)CCC[C@@H](C)[C@H]1CC[C@H]2[C@@H]3CCC4C[C@@H]([C@@H]5CCCN5C(=O)OC(C)(C)C)CC[C@]4(C)[C@H]3CC[C@]12C. The standard InChI is InChI=1S/C36H63NO2/c1-24(2)11-9-12-25(3)29-16-17-30-28-15-14-27-23-26(18-20-35(27,7)31(28)19-21-36(29,30)8)32-13-10-22-37(32)33(38)39-34(4,5)6/h24-32H,9-23H2,1-8H3/t25-,26+,27?,28+,29-,30+,31+,32+,35+,36-/m1/s1. The highest BCUT2D eigenvalue weighted by atomic mass is 16.6. The number of fused-ring (bicyclic) bond motifs is 5. The summed E-state index contributed by atoms with van der Waals surface area (Å²) in [4.78, 5) is 15.2. The van der Waals surface area contributed by atoms with E-state index >= 15 is 0 Å². The lowest BCUT2D eigenvalue weighted by atomic mass is 9.43. The normalized spacial score (nSPS) is 43.1. The van der Waals surface area contributed by atoms with Crippen molar-refractivity contribution in [3.8, 4) is 0 Å². The molecule has 224 valence electrons. The Morgan fingerprint density at radius 2 is 1.62 bits per heavy atom. The van der Waals surface area contributed by atoms with Crippen LogP contribution in [0.25, 0.3) is 0 Å². The molecule has 5 rings (SSSR count). The molecule has 4 aliphatic carbocycles. The average molecular weight is 542 g/mol. The van der Waals surface area contributed by atoms with Crippen molar-refractivity contribution < 1.29 is 9.53 Å². The molecule has 0 aromatic heterocycles. The molecule has 4 saturated carbocycles. The fourth-order valence-electron chi connectivity index (χ4n) is 11.5. The Bertz CT molecular complexity index is 861. The van der Waals surface area contributed by atoms with Crippen LogP contribution < -0.4 is 0 Å². The summed E-state index contributed by atoms with van der Waals surface area (Å²) < 4.78 is 5.83. The molecule has 5 fully saturated rings. The van der Waals surface area contributed by atoms with Gasteiger partial charge in [0.25, 0.3) is 0 Å². The van der Waals surface area contributed by atoms with Crippen LogP contribution in [0.5, 0.6) is 0 Å². The first kappa shape index (κ1) is 29.8. The van der Waals surface area contributed by atoms with Gasteiger partial charge in [-0.3, -0.25) is 0 Å². The number of carbonyl (C=O) groups excluding carboxylic acids is 1. The number of ether oxygens (including phenoxy) is 1. The van der Waals surface area contributed by atoms with Gasteiger partial charge in [-0.1, -0.05) is 53.9 Å². The number of nitrogens with zero attached hydrogens (tertiary/aromatic N) is 1. The van der Waals surface area contributed by atoms with E-state index in [1.165, 1.54) is 83.5 Å². The van der Waals surface area contributed by atoms with Gasteiger partial charge in [0.2, 0.25) is 0 Å². The van der Waals surface area contributed by atoms with Crippen molar-refractivity contribution in [3.05, 3.63) is 0 Å². The Kier molecular flexibility index (Phi) is 8.52. The van der Waals surface area contributed by atoms with E-state index in [9.17, 15) is 4.79 Å². The summed E-state index contributed by atoms with van der Waals surface area (Å²) in [7, 11) is 0. The fraction of sp³-hybridized carbons (Fsp3) is 0.972. The summed E-state index contributed by atoms with van der Waals surface area (Å²) in [5, 5.41) is 0. The first-order valence-corrected chi connectivity index (χ1v) is 17.3. The van der Waals surface area contributed by atoms with Crippen LogP contribution in [0.2, 0.25) is 0 Å². The van der Waals surface area contributed by atoms with Gasteiger partial charge in [-0.15, -0.1) is 0 Å². The minimum atomic E-state index is -0.408. The van der Waals surface area contributed by atoms with Crippen molar-refractivity contribution in [1.29, 1.82) is 0 Å². The summed E-state index contributed by atoms with van der Waals surface area (Å²) in [6.45, 7) is 19.7. The van der Waals surface area contributed by atoms with Crippen LogP contribution in [0.4, 0.5) is 4.79 Å². The van der Waals surface area contributed by atoms with Crippen molar-refractivity contribution in [3.63, 3.8) is 0 Å². The summed E-state index contributed by atoms with van der Waals surface area (Å²) >= 11 is 0. The van der Waals surface area contributed by atoms with Crippen LogP contribution in [0.15, 0.2) is 0 Å². The van der Waals surface area contributed by atoms with Crippen molar-refractivity contribution in [2.75, 3.05) is 6.54 Å². The number of amides is 1. The van der Waals surface area contributed by atoms with Gasteiger partial charge in [0, 0.05) is 12.6 Å². The second kappa shape index (κ2) is 11.2. The molecule has 5 aliphatic rings. The average Bonchev–Trinajstić information content (AvgIpc) is 3.47. The molecule has 1 unspecified atom stereocenters. The lowest BCUT2D eigenvalue weighted by molar-refractivity contribution is -0.124. The van der Waals surface area contributed by atoms with Crippen molar-refractivity contribution in [2.24, 2.45) is 58.2 Å². The molecule has 1 amide bonds. The second-order valence-corrected chi connectivity index (χ2v) is 17.1. The minimum Gasteiger partial charge on any atom is -0.444 e. The molecule has 0 N–H and O–H groups in total. The molecule has 0 radical (unpaired) electrons. The number of hydrogen-bond donors (Lipinski definition) is 0. The van der Waals surface area contributed by atoms with E-state index in [1.54, 1.807) is 0 Å². The van der Waals surface area contributed by atoms with Gasteiger partial charge < -0.3 is 9.64 Å². The van der Waals surface area contributed by atoms with E-state index in [1.807, 2.05) is 20.8 Å². The molecule has 0 aromatic rings.